The highest BCUT2D eigenvalue weighted by atomic mass is 31.2. The van der Waals surface area contributed by atoms with E-state index in [4.69, 9.17) is 23.3 Å². The molecule has 0 saturated heterocycles. The van der Waals surface area contributed by atoms with E-state index >= 15 is 0 Å². The fraction of sp³-hybridized carbons (Fsp3) is 0.515. The van der Waals surface area contributed by atoms with Gasteiger partial charge < -0.3 is 24.2 Å². The molecule has 0 heterocycles. The molecule has 0 aromatic heterocycles. The Bertz CT molecular complexity index is 2040. The van der Waals surface area contributed by atoms with Gasteiger partial charge in [0.2, 0.25) is 0 Å². The number of aliphatic hydroxyl groups is 1. The van der Waals surface area contributed by atoms with E-state index in [1.54, 1.807) is 0 Å². The minimum atomic E-state index is -4.80. The quantitative estimate of drug-likeness (QED) is 0.0197. The first kappa shape index (κ1) is 74.6. The zero-order chi connectivity index (χ0) is 58.3. The number of unbranched alkanes of at least 4 members (excludes halogenated alkanes) is 5. The van der Waals surface area contributed by atoms with Gasteiger partial charge in [-0.05, 0) is 141 Å². The number of carbonyl (C=O) groups excluding carboxylic acids is 3. The SMILES string of the molecule is CC/C=C\C/C=C\C/C=C\C/C=C\C/C=C\CCCCCC(=O)OCC(COP(=O)(O)OCC(CO)OC(=O)CCC/C=C\C/C=C\C/C=C\C/C=C\C/C=C\CC)OC(=O)CCC/C=C\C/C=C\C/C=C\C/C=C\C/C=C\CC. The van der Waals surface area contributed by atoms with Crippen LogP contribution in [0.15, 0.2) is 182 Å². The topological polar surface area (TPSA) is 155 Å². The van der Waals surface area contributed by atoms with Gasteiger partial charge in [0, 0.05) is 19.3 Å². The minimum Gasteiger partial charge on any atom is -0.462 e. The fourth-order valence-corrected chi connectivity index (χ4v) is 7.71. The number of phosphoric acid groups is 1. The summed E-state index contributed by atoms with van der Waals surface area (Å²) in [4.78, 5) is 48.6. The second-order valence-corrected chi connectivity index (χ2v) is 20.1. The van der Waals surface area contributed by atoms with Gasteiger partial charge in [0.25, 0.3) is 0 Å². The predicted molar refractivity (Wildman–Crippen MR) is 334 cm³/mol. The Morgan fingerprint density at radius 1 is 0.350 bits per heavy atom. The average Bonchev–Trinajstić information content (AvgIpc) is 3.45. The van der Waals surface area contributed by atoms with Gasteiger partial charge in [-0.3, -0.25) is 23.4 Å². The highest BCUT2D eigenvalue weighted by Crippen LogP contribution is 2.43. The first-order valence-corrected chi connectivity index (χ1v) is 31.2. The zero-order valence-electron chi connectivity index (χ0n) is 49.2. The number of phosphoric ester groups is 1. The summed E-state index contributed by atoms with van der Waals surface area (Å²) in [6.07, 6.45) is 81.5. The molecule has 0 spiro atoms. The van der Waals surface area contributed by atoms with E-state index < -0.39 is 64.4 Å². The third-order valence-corrected chi connectivity index (χ3v) is 12.3. The lowest BCUT2D eigenvalue weighted by Crippen LogP contribution is -2.30. The number of ether oxygens (including phenoxy) is 3. The Hall–Kier alpha value is -5.42. The molecule has 0 rings (SSSR count). The summed E-state index contributed by atoms with van der Waals surface area (Å²) in [6.45, 7) is 4.10. The summed E-state index contributed by atoms with van der Waals surface area (Å²) in [5.74, 6) is -1.67. The Kier molecular flexibility index (Phi) is 55.7. The van der Waals surface area contributed by atoms with Gasteiger partial charge in [-0.1, -0.05) is 209 Å². The van der Waals surface area contributed by atoms with Gasteiger partial charge in [-0.2, -0.15) is 0 Å². The molecule has 0 aromatic rings. The summed E-state index contributed by atoms with van der Waals surface area (Å²) in [7, 11) is -4.80. The Labute approximate surface area is 484 Å². The monoisotopic (exact) mass is 1130 g/mol. The van der Waals surface area contributed by atoms with Crippen LogP contribution in [0, 0.1) is 0 Å². The fourth-order valence-electron chi connectivity index (χ4n) is 6.92. The summed E-state index contributed by atoms with van der Waals surface area (Å²) in [5, 5.41) is 9.82. The molecule has 0 aliphatic heterocycles. The molecule has 0 saturated carbocycles. The summed E-state index contributed by atoms with van der Waals surface area (Å²) in [6, 6.07) is 0. The van der Waals surface area contributed by atoms with E-state index in [1.807, 2.05) is 24.3 Å². The van der Waals surface area contributed by atoms with E-state index in [0.717, 1.165) is 116 Å². The summed E-state index contributed by atoms with van der Waals surface area (Å²) >= 11 is 0. The molecule has 11 nitrogen and oxygen atoms in total. The maximum Gasteiger partial charge on any atom is 0.472 e. The molecule has 0 amide bonds. The number of rotatable bonds is 52. The molecule has 446 valence electrons. The Morgan fingerprint density at radius 2 is 0.625 bits per heavy atom. The van der Waals surface area contributed by atoms with E-state index in [2.05, 4.69) is 179 Å². The molecule has 3 atom stereocenters. The van der Waals surface area contributed by atoms with Gasteiger partial charge in [0.15, 0.2) is 6.10 Å². The average molecular weight is 1130 g/mol. The van der Waals surface area contributed by atoms with Gasteiger partial charge in [0.05, 0.1) is 19.8 Å². The minimum absolute atomic E-state index is 0.0653. The molecule has 80 heavy (non-hydrogen) atoms. The van der Waals surface area contributed by atoms with Gasteiger partial charge in [-0.25, -0.2) is 4.57 Å². The van der Waals surface area contributed by atoms with Crippen LogP contribution in [0.5, 0.6) is 0 Å². The Morgan fingerprint density at radius 3 is 0.950 bits per heavy atom. The molecule has 3 unspecified atom stereocenters. The lowest BCUT2D eigenvalue weighted by Gasteiger charge is -2.21. The van der Waals surface area contributed by atoms with Crippen molar-refractivity contribution in [3.63, 3.8) is 0 Å². The van der Waals surface area contributed by atoms with Crippen molar-refractivity contribution < 1.29 is 52.2 Å². The second kappa shape index (κ2) is 59.7. The van der Waals surface area contributed by atoms with Crippen LogP contribution in [0.4, 0.5) is 0 Å². The highest BCUT2D eigenvalue weighted by molar-refractivity contribution is 7.47. The van der Waals surface area contributed by atoms with E-state index in [9.17, 15) is 28.9 Å². The van der Waals surface area contributed by atoms with Gasteiger partial charge in [-0.15, -0.1) is 0 Å². The van der Waals surface area contributed by atoms with Crippen molar-refractivity contribution in [2.45, 2.75) is 200 Å². The van der Waals surface area contributed by atoms with E-state index in [0.29, 0.717) is 32.1 Å². The van der Waals surface area contributed by atoms with Crippen LogP contribution in [-0.4, -0.2) is 66.5 Å². The van der Waals surface area contributed by atoms with Crippen LogP contribution in [-0.2, 0) is 42.2 Å². The number of aliphatic hydroxyl groups excluding tert-OH is 1. The van der Waals surface area contributed by atoms with Gasteiger partial charge in [0.1, 0.15) is 12.7 Å². The Balaban J connectivity index is 4.95. The molecule has 0 bridgehead atoms. The van der Waals surface area contributed by atoms with Crippen LogP contribution in [0.25, 0.3) is 0 Å². The molecule has 0 fully saturated rings. The molecular weight excluding hydrogens is 1020 g/mol. The number of allylic oxidation sites excluding steroid dienone is 30. The summed E-state index contributed by atoms with van der Waals surface area (Å²) < 4.78 is 39.4. The number of esters is 3. The number of hydrogen-bond donors (Lipinski definition) is 2. The molecule has 12 heteroatoms. The third kappa shape index (κ3) is 57.3. The first-order chi connectivity index (χ1) is 39.2. The maximum atomic E-state index is 12.9. The largest absolute Gasteiger partial charge is 0.472 e. The summed E-state index contributed by atoms with van der Waals surface area (Å²) in [5.41, 5.74) is 0. The maximum absolute atomic E-state index is 12.9. The third-order valence-electron chi connectivity index (χ3n) is 11.3. The van der Waals surface area contributed by atoms with Crippen LogP contribution in [0.1, 0.15) is 188 Å². The predicted octanol–water partition coefficient (Wildman–Crippen LogP) is 18.0. The molecule has 0 radical (unpaired) electrons. The van der Waals surface area contributed by atoms with E-state index in [1.165, 1.54) is 0 Å². The molecular formula is C68H103O11P. The lowest BCUT2D eigenvalue weighted by atomic mass is 10.1. The van der Waals surface area contributed by atoms with Crippen molar-refractivity contribution in [3.8, 4) is 0 Å². The van der Waals surface area contributed by atoms with Crippen molar-refractivity contribution in [2.75, 3.05) is 26.4 Å². The standard InChI is InChI=1S/C68H103O11P/c1-4-7-10-13-16-19-22-25-28-31-32-35-36-39-42-45-48-51-54-57-66(70)75-61-65(79-68(72)59-56-53-50-47-44-41-38-34-30-27-24-21-18-15-12-9-6-3)63-77-80(73,74)76-62-64(60-69)78-67(71)58-55-52-49-46-43-40-37-33-29-26-23-20-17-14-11-8-5-2/h7-12,16-21,25-30,32,35,37-42,46-47,49-50,64-65,69H,4-6,13-15,22-24,31,33-34,36,43-45,48,51-63H2,1-3H3,(H,73,74)/b10-7-,11-8-,12-9-,19-16-,20-17-,21-18-,28-25-,29-26-,30-27-,35-32-,40-37-,41-38-,42-39-,49-46-,50-47-. The first-order valence-electron chi connectivity index (χ1n) is 29.7. The highest BCUT2D eigenvalue weighted by Gasteiger charge is 2.28. The van der Waals surface area contributed by atoms with Crippen molar-refractivity contribution in [1.82, 2.24) is 0 Å². The lowest BCUT2D eigenvalue weighted by molar-refractivity contribution is -0.161. The number of carbonyl (C=O) groups is 3. The van der Waals surface area contributed by atoms with Crippen LogP contribution in [0.3, 0.4) is 0 Å². The molecule has 0 aliphatic carbocycles. The van der Waals surface area contributed by atoms with Crippen molar-refractivity contribution in [2.24, 2.45) is 0 Å². The molecule has 0 aromatic carbocycles. The second-order valence-electron chi connectivity index (χ2n) is 18.7. The van der Waals surface area contributed by atoms with Gasteiger partial charge >= 0.3 is 25.7 Å². The van der Waals surface area contributed by atoms with Crippen LogP contribution >= 0.6 is 7.82 Å². The van der Waals surface area contributed by atoms with Crippen molar-refractivity contribution >= 4 is 25.7 Å². The molecule has 0 aliphatic rings. The smallest absolute Gasteiger partial charge is 0.462 e. The van der Waals surface area contributed by atoms with Crippen LogP contribution < -0.4 is 0 Å². The van der Waals surface area contributed by atoms with Crippen molar-refractivity contribution in [1.29, 1.82) is 0 Å². The normalized spacial score (nSPS) is 14.6. The van der Waals surface area contributed by atoms with Crippen molar-refractivity contribution in [3.05, 3.63) is 182 Å². The zero-order valence-corrected chi connectivity index (χ0v) is 50.1. The van der Waals surface area contributed by atoms with Crippen LogP contribution in [0.2, 0.25) is 0 Å². The van der Waals surface area contributed by atoms with E-state index in [-0.39, 0.29) is 19.3 Å². The number of hydrogen-bond acceptors (Lipinski definition) is 10. The molecule has 2 N–H and O–H groups in total.